The fraction of sp³-hybridized carbons (Fsp3) is 0.417. The maximum Gasteiger partial charge on any atom is 0.167 e. The molecule has 0 amide bonds. The van der Waals surface area contributed by atoms with Crippen LogP contribution in [0, 0.1) is 19.8 Å². The van der Waals surface area contributed by atoms with Crippen molar-refractivity contribution in [1.29, 1.82) is 0 Å². The molecule has 76 valence electrons. The van der Waals surface area contributed by atoms with Gasteiger partial charge in [-0.05, 0) is 25.0 Å². The van der Waals surface area contributed by atoms with Gasteiger partial charge >= 0.3 is 0 Å². The number of hydrogen-bond donors (Lipinski definition) is 1. The minimum Gasteiger partial charge on any atom is -0.330 e. The number of carbonyl (C=O) groups excluding carboxylic acids is 1. The summed E-state index contributed by atoms with van der Waals surface area (Å²) in [5.74, 6) is 0.0594. The number of Topliss-reactive ketones (excluding diaryl/α,β-unsaturated/α-hetero) is 1. The summed E-state index contributed by atoms with van der Waals surface area (Å²) in [6.07, 6.45) is 0. The Labute approximate surface area is 85.1 Å². The van der Waals surface area contributed by atoms with Gasteiger partial charge in [-0.15, -0.1) is 0 Å². The van der Waals surface area contributed by atoms with Gasteiger partial charge in [-0.25, -0.2) is 0 Å². The summed E-state index contributed by atoms with van der Waals surface area (Å²) in [6, 6.07) is 5.80. The predicted molar refractivity (Wildman–Crippen MR) is 58.5 cm³/mol. The van der Waals surface area contributed by atoms with E-state index >= 15 is 0 Å². The molecular weight excluding hydrogens is 174 g/mol. The molecule has 1 aromatic carbocycles. The number of benzene rings is 1. The van der Waals surface area contributed by atoms with Gasteiger partial charge in [0.15, 0.2) is 5.78 Å². The van der Waals surface area contributed by atoms with Crippen LogP contribution in [0.2, 0.25) is 0 Å². The number of aryl methyl sites for hydroxylation is 1. The highest BCUT2D eigenvalue weighted by molar-refractivity contribution is 5.99. The van der Waals surface area contributed by atoms with Crippen LogP contribution in [0.25, 0.3) is 0 Å². The number of ketones is 1. The minimum atomic E-state index is -0.0875. The lowest BCUT2D eigenvalue weighted by atomic mass is 9.94. The minimum absolute atomic E-state index is 0.0875. The molecule has 2 heteroatoms. The standard InChI is InChI=1S/C12H17NO/c1-8-5-4-6-11(10(8)3)12(14)9(2)7-13/h4-6,9H,7,13H2,1-3H3. The van der Waals surface area contributed by atoms with Crippen molar-refractivity contribution in [2.75, 3.05) is 6.54 Å². The highest BCUT2D eigenvalue weighted by Gasteiger charge is 2.15. The van der Waals surface area contributed by atoms with E-state index < -0.39 is 0 Å². The van der Waals surface area contributed by atoms with E-state index in [-0.39, 0.29) is 11.7 Å². The van der Waals surface area contributed by atoms with Gasteiger partial charge in [0, 0.05) is 18.0 Å². The van der Waals surface area contributed by atoms with Crippen LogP contribution in [0.3, 0.4) is 0 Å². The van der Waals surface area contributed by atoms with Crippen molar-refractivity contribution in [2.45, 2.75) is 20.8 Å². The summed E-state index contributed by atoms with van der Waals surface area (Å²) in [5, 5.41) is 0. The topological polar surface area (TPSA) is 43.1 Å². The van der Waals surface area contributed by atoms with Crippen molar-refractivity contribution in [3.05, 3.63) is 34.9 Å². The Morgan fingerprint density at radius 1 is 1.43 bits per heavy atom. The van der Waals surface area contributed by atoms with E-state index in [1.165, 1.54) is 0 Å². The van der Waals surface area contributed by atoms with Gasteiger partial charge in [-0.2, -0.15) is 0 Å². The summed E-state index contributed by atoms with van der Waals surface area (Å²) in [7, 11) is 0. The SMILES string of the molecule is Cc1cccc(C(=O)C(C)CN)c1C. The summed E-state index contributed by atoms with van der Waals surface area (Å²) >= 11 is 0. The van der Waals surface area contributed by atoms with Crippen molar-refractivity contribution in [2.24, 2.45) is 11.7 Å². The zero-order chi connectivity index (χ0) is 10.7. The molecule has 1 unspecified atom stereocenters. The summed E-state index contributed by atoms with van der Waals surface area (Å²) in [6.45, 7) is 6.27. The third kappa shape index (κ3) is 2.02. The molecule has 1 atom stereocenters. The van der Waals surface area contributed by atoms with Crippen molar-refractivity contribution in [1.82, 2.24) is 0 Å². The summed E-state index contributed by atoms with van der Waals surface area (Å²) < 4.78 is 0. The molecule has 1 aromatic rings. The Kier molecular flexibility index (Phi) is 3.42. The first-order valence-electron chi connectivity index (χ1n) is 4.88. The van der Waals surface area contributed by atoms with E-state index in [1.54, 1.807) is 0 Å². The Morgan fingerprint density at radius 2 is 2.07 bits per heavy atom. The van der Waals surface area contributed by atoms with E-state index in [4.69, 9.17) is 5.73 Å². The Bertz CT molecular complexity index is 344. The zero-order valence-corrected chi connectivity index (χ0v) is 9.00. The molecule has 0 radical (unpaired) electrons. The second-order valence-corrected chi connectivity index (χ2v) is 3.75. The van der Waals surface area contributed by atoms with Gasteiger partial charge in [-0.1, -0.05) is 25.1 Å². The average Bonchev–Trinajstić information content (AvgIpc) is 2.20. The quantitative estimate of drug-likeness (QED) is 0.743. The van der Waals surface area contributed by atoms with Gasteiger partial charge in [0.05, 0.1) is 0 Å². The lowest BCUT2D eigenvalue weighted by Crippen LogP contribution is -2.21. The molecule has 0 aromatic heterocycles. The predicted octanol–water partition coefficient (Wildman–Crippen LogP) is 2.08. The van der Waals surface area contributed by atoms with Crippen LogP contribution in [0.5, 0.6) is 0 Å². The van der Waals surface area contributed by atoms with Crippen LogP contribution in [0.4, 0.5) is 0 Å². The first-order chi connectivity index (χ1) is 6.57. The molecule has 0 spiro atoms. The van der Waals surface area contributed by atoms with Crippen molar-refractivity contribution < 1.29 is 4.79 Å². The van der Waals surface area contributed by atoms with Crippen LogP contribution in [-0.2, 0) is 0 Å². The average molecular weight is 191 g/mol. The molecule has 0 aliphatic rings. The highest BCUT2D eigenvalue weighted by Crippen LogP contribution is 2.16. The molecule has 1 rings (SSSR count). The van der Waals surface area contributed by atoms with E-state index in [9.17, 15) is 4.79 Å². The Balaban J connectivity index is 3.07. The molecule has 0 bridgehead atoms. The van der Waals surface area contributed by atoms with Crippen LogP contribution < -0.4 is 5.73 Å². The second-order valence-electron chi connectivity index (χ2n) is 3.75. The van der Waals surface area contributed by atoms with Crippen molar-refractivity contribution >= 4 is 5.78 Å². The van der Waals surface area contributed by atoms with Crippen LogP contribution in [-0.4, -0.2) is 12.3 Å². The maximum absolute atomic E-state index is 11.9. The number of nitrogens with two attached hydrogens (primary N) is 1. The van der Waals surface area contributed by atoms with Crippen LogP contribution in [0.1, 0.15) is 28.4 Å². The first kappa shape index (κ1) is 10.9. The van der Waals surface area contributed by atoms with Crippen LogP contribution in [0.15, 0.2) is 18.2 Å². The van der Waals surface area contributed by atoms with Gasteiger partial charge in [0.25, 0.3) is 0 Å². The Hall–Kier alpha value is -1.15. The van der Waals surface area contributed by atoms with E-state index in [0.717, 1.165) is 16.7 Å². The van der Waals surface area contributed by atoms with Gasteiger partial charge in [-0.3, -0.25) is 4.79 Å². The van der Waals surface area contributed by atoms with Gasteiger partial charge < -0.3 is 5.73 Å². The van der Waals surface area contributed by atoms with Gasteiger partial charge in [0.1, 0.15) is 0 Å². The monoisotopic (exact) mass is 191 g/mol. The summed E-state index contributed by atoms with van der Waals surface area (Å²) in [5.41, 5.74) is 8.51. The normalized spacial score (nSPS) is 12.6. The zero-order valence-electron chi connectivity index (χ0n) is 9.00. The number of rotatable bonds is 3. The third-order valence-electron chi connectivity index (χ3n) is 2.67. The second kappa shape index (κ2) is 4.38. The molecule has 0 heterocycles. The molecule has 0 saturated heterocycles. The number of carbonyl (C=O) groups is 1. The van der Waals surface area contributed by atoms with E-state index in [0.29, 0.717) is 6.54 Å². The molecule has 0 aliphatic heterocycles. The van der Waals surface area contributed by atoms with Crippen LogP contribution >= 0.6 is 0 Å². The fourth-order valence-corrected chi connectivity index (χ4v) is 1.39. The molecule has 0 fully saturated rings. The molecule has 0 aliphatic carbocycles. The third-order valence-corrected chi connectivity index (χ3v) is 2.67. The van der Waals surface area contributed by atoms with E-state index in [2.05, 4.69) is 0 Å². The highest BCUT2D eigenvalue weighted by atomic mass is 16.1. The lowest BCUT2D eigenvalue weighted by Gasteiger charge is -2.11. The first-order valence-corrected chi connectivity index (χ1v) is 4.88. The Morgan fingerprint density at radius 3 is 2.64 bits per heavy atom. The number of hydrogen-bond acceptors (Lipinski definition) is 2. The molecule has 0 saturated carbocycles. The van der Waals surface area contributed by atoms with Crippen molar-refractivity contribution in [3.63, 3.8) is 0 Å². The van der Waals surface area contributed by atoms with E-state index in [1.807, 2.05) is 39.0 Å². The smallest absolute Gasteiger partial charge is 0.167 e. The van der Waals surface area contributed by atoms with Crippen molar-refractivity contribution in [3.8, 4) is 0 Å². The summed E-state index contributed by atoms with van der Waals surface area (Å²) in [4.78, 5) is 11.9. The molecule has 2 nitrogen and oxygen atoms in total. The molecule has 14 heavy (non-hydrogen) atoms. The largest absolute Gasteiger partial charge is 0.330 e. The molecule has 2 N–H and O–H groups in total. The van der Waals surface area contributed by atoms with Gasteiger partial charge in [0.2, 0.25) is 0 Å². The lowest BCUT2D eigenvalue weighted by molar-refractivity contribution is 0.0933. The molecular formula is C12H17NO. The fourth-order valence-electron chi connectivity index (χ4n) is 1.39. The maximum atomic E-state index is 11.9.